The average molecular weight is 289 g/mol. The fourth-order valence-electron chi connectivity index (χ4n) is 2.12. The summed E-state index contributed by atoms with van der Waals surface area (Å²) in [7, 11) is 0. The van der Waals surface area contributed by atoms with Gasteiger partial charge >= 0.3 is 0 Å². The van der Waals surface area contributed by atoms with Crippen molar-refractivity contribution in [2.24, 2.45) is 0 Å². The van der Waals surface area contributed by atoms with Gasteiger partial charge < -0.3 is 5.32 Å². The molecule has 0 aromatic carbocycles. The minimum atomic E-state index is 0.982. The van der Waals surface area contributed by atoms with Crippen LogP contribution in [0.5, 0.6) is 0 Å². The average Bonchev–Trinajstić information content (AvgIpc) is 2.89. The molecule has 0 unspecified atom stereocenters. The van der Waals surface area contributed by atoms with E-state index in [1.165, 1.54) is 16.0 Å². The lowest BCUT2D eigenvalue weighted by atomic mass is 10.2. The van der Waals surface area contributed by atoms with Crippen molar-refractivity contribution >= 4 is 11.3 Å². The van der Waals surface area contributed by atoms with Crippen LogP contribution in [0.15, 0.2) is 36.0 Å². The van der Waals surface area contributed by atoms with E-state index in [2.05, 4.69) is 52.6 Å². The second kappa shape index (κ2) is 8.15. The lowest BCUT2D eigenvalue weighted by Crippen LogP contribution is -2.31. The van der Waals surface area contributed by atoms with Crippen molar-refractivity contribution in [2.75, 3.05) is 19.6 Å². The molecular weight excluding hydrogens is 266 g/mol. The van der Waals surface area contributed by atoms with Crippen LogP contribution in [-0.4, -0.2) is 29.5 Å². The zero-order chi connectivity index (χ0) is 14.2. The summed E-state index contributed by atoms with van der Waals surface area (Å²) < 4.78 is 0. The van der Waals surface area contributed by atoms with Crippen LogP contribution in [-0.2, 0) is 13.1 Å². The van der Waals surface area contributed by atoms with Crippen molar-refractivity contribution in [1.82, 2.24) is 15.2 Å². The van der Waals surface area contributed by atoms with Crippen molar-refractivity contribution in [1.29, 1.82) is 0 Å². The Morgan fingerprint density at radius 3 is 2.70 bits per heavy atom. The van der Waals surface area contributed by atoms with Gasteiger partial charge in [0.1, 0.15) is 0 Å². The van der Waals surface area contributed by atoms with Gasteiger partial charge in [-0.3, -0.25) is 9.88 Å². The Bertz CT molecular complexity index is 495. The number of likely N-dealkylation sites (N-methyl/N-ethyl adjacent to an activating group) is 1. The molecule has 0 saturated heterocycles. The molecule has 3 nitrogen and oxygen atoms in total. The number of aromatic nitrogens is 1. The van der Waals surface area contributed by atoms with Gasteiger partial charge in [-0.25, -0.2) is 0 Å². The van der Waals surface area contributed by atoms with E-state index in [0.717, 1.165) is 32.7 Å². The third-order valence-electron chi connectivity index (χ3n) is 3.46. The molecule has 2 rings (SSSR count). The summed E-state index contributed by atoms with van der Waals surface area (Å²) in [6.07, 6.45) is 3.72. The maximum Gasteiger partial charge on any atom is 0.0302 e. The van der Waals surface area contributed by atoms with Gasteiger partial charge in [-0.05, 0) is 48.2 Å². The first-order valence-corrected chi connectivity index (χ1v) is 8.02. The zero-order valence-electron chi connectivity index (χ0n) is 12.3. The van der Waals surface area contributed by atoms with Crippen LogP contribution in [0, 0.1) is 6.92 Å². The summed E-state index contributed by atoms with van der Waals surface area (Å²) in [4.78, 5) is 7.96. The molecule has 0 fully saturated rings. The molecule has 0 saturated carbocycles. The summed E-state index contributed by atoms with van der Waals surface area (Å²) in [6.45, 7) is 9.54. The zero-order valence-corrected chi connectivity index (χ0v) is 13.1. The Hall–Kier alpha value is -1.23. The van der Waals surface area contributed by atoms with Crippen LogP contribution in [0.25, 0.3) is 0 Å². The second-order valence-corrected chi connectivity index (χ2v) is 5.93. The maximum atomic E-state index is 4.06. The third-order valence-corrected chi connectivity index (χ3v) is 4.48. The number of rotatable bonds is 8. The first kappa shape index (κ1) is 15.2. The van der Waals surface area contributed by atoms with Crippen LogP contribution in [0.2, 0.25) is 0 Å². The smallest absolute Gasteiger partial charge is 0.0302 e. The van der Waals surface area contributed by atoms with E-state index < -0.39 is 0 Å². The molecule has 0 bridgehead atoms. The number of aryl methyl sites for hydroxylation is 1. The largest absolute Gasteiger partial charge is 0.311 e. The van der Waals surface area contributed by atoms with Crippen molar-refractivity contribution in [2.45, 2.75) is 26.9 Å². The molecule has 0 aliphatic carbocycles. The van der Waals surface area contributed by atoms with Gasteiger partial charge in [-0.2, -0.15) is 0 Å². The highest BCUT2D eigenvalue weighted by atomic mass is 32.1. The minimum Gasteiger partial charge on any atom is -0.311 e. The highest BCUT2D eigenvalue weighted by molar-refractivity contribution is 7.10. The van der Waals surface area contributed by atoms with Gasteiger partial charge in [-0.1, -0.05) is 6.92 Å². The number of hydrogen-bond donors (Lipinski definition) is 1. The number of nitrogens with one attached hydrogen (secondary N) is 1. The predicted molar refractivity (Wildman–Crippen MR) is 86.0 cm³/mol. The summed E-state index contributed by atoms with van der Waals surface area (Å²) in [5, 5.41) is 5.70. The van der Waals surface area contributed by atoms with Crippen LogP contribution in [0.4, 0.5) is 0 Å². The van der Waals surface area contributed by atoms with Crippen molar-refractivity contribution in [3.63, 3.8) is 0 Å². The molecule has 2 heterocycles. The van der Waals surface area contributed by atoms with Gasteiger partial charge in [-0.15, -0.1) is 11.3 Å². The lowest BCUT2D eigenvalue weighted by Gasteiger charge is -2.20. The van der Waals surface area contributed by atoms with Gasteiger partial charge in [0.2, 0.25) is 0 Å². The normalized spacial score (nSPS) is 11.2. The topological polar surface area (TPSA) is 28.2 Å². The lowest BCUT2D eigenvalue weighted by molar-refractivity contribution is 0.279. The van der Waals surface area contributed by atoms with Gasteiger partial charge in [0.25, 0.3) is 0 Å². The molecule has 4 heteroatoms. The number of nitrogens with zero attached hydrogens (tertiary/aromatic N) is 2. The van der Waals surface area contributed by atoms with Crippen LogP contribution >= 0.6 is 11.3 Å². The maximum absolute atomic E-state index is 4.06. The molecule has 0 radical (unpaired) electrons. The monoisotopic (exact) mass is 289 g/mol. The molecule has 2 aromatic heterocycles. The van der Waals surface area contributed by atoms with Crippen molar-refractivity contribution < 1.29 is 0 Å². The molecule has 0 aliphatic heterocycles. The van der Waals surface area contributed by atoms with E-state index >= 15 is 0 Å². The fraction of sp³-hybridized carbons (Fsp3) is 0.438. The Morgan fingerprint density at radius 2 is 2.05 bits per heavy atom. The Kier molecular flexibility index (Phi) is 6.18. The molecule has 20 heavy (non-hydrogen) atoms. The molecule has 0 atom stereocenters. The van der Waals surface area contributed by atoms with E-state index in [1.54, 1.807) is 0 Å². The van der Waals surface area contributed by atoms with Gasteiger partial charge in [0.15, 0.2) is 0 Å². The number of thiophene rings is 1. The van der Waals surface area contributed by atoms with E-state index in [1.807, 2.05) is 23.7 Å². The number of hydrogen-bond acceptors (Lipinski definition) is 4. The molecule has 0 spiro atoms. The van der Waals surface area contributed by atoms with E-state index in [4.69, 9.17) is 0 Å². The number of pyridine rings is 1. The summed E-state index contributed by atoms with van der Waals surface area (Å²) in [5.41, 5.74) is 2.72. The predicted octanol–water partition coefficient (Wildman–Crippen LogP) is 3.06. The van der Waals surface area contributed by atoms with Crippen LogP contribution < -0.4 is 5.32 Å². The molecule has 2 aromatic rings. The van der Waals surface area contributed by atoms with Gasteiger partial charge in [0.05, 0.1) is 0 Å². The van der Waals surface area contributed by atoms with Crippen LogP contribution in [0.3, 0.4) is 0 Å². The quantitative estimate of drug-likeness (QED) is 0.757. The molecule has 108 valence electrons. The van der Waals surface area contributed by atoms with E-state index in [-0.39, 0.29) is 0 Å². The molecule has 0 amide bonds. The SMILES string of the molecule is CCN(CCNCc1sccc1C)Cc1ccncc1. The highest BCUT2D eigenvalue weighted by Gasteiger charge is 2.04. The van der Waals surface area contributed by atoms with Crippen LogP contribution in [0.1, 0.15) is 22.9 Å². The standard InChI is InChI=1S/C16H23N3S/c1-3-19(13-15-4-7-17-8-5-15)10-9-18-12-16-14(2)6-11-20-16/h4-8,11,18H,3,9-10,12-13H2,1-2H3. The first-order chi connectivity index (χ1) is 9.79. The second-order valence-electron chi connectivity index (χ2n) is 4.93. The summed E-state index contributed by atoms with van der Waals surface area (Å²) in [5.74, 6) is 0. The highest BCUT2D eigenvalue weighted by Crippen LogP contribution is 2.14. The molecule has 0 aliphatic rings. The van der Waals surface area contributed by atoms with E-state index in [9.17, 15) is 0 Å². The van der Waals surface area contributed by atoms with Gasteiger partial charge in [0, 0.05) is 43.4 Å². The van der Waals surface area contributed by atoms with E-state index in [0.29, 0.717) is 0 Å². The molecular formula is C16H23N3S. The van der Waals surface area contributed by atoms with Crippen molar-refractivity contribution in [3.05, 3.63) is 52.0 Å². The summed E-state index contributed by atoms with van der Waals surface area (Å²) in [6, 6.07) is 6.36. The Balaban J connectivity index is 1.70. The fourth-order valence-corrected chi connectivity index (χ4v) is 3.00. The summed E-state index contributed by atoms with van der Waals surface area (Å²) >= 11 is 1.83. The Morgan fingerprint density at radius 1 is 1.25 bits per heavy atom. The minimum absolute atomic E-state index is 0.982. The first-order valence-electron chi connectivity index (χ1n) is 7.14. The molecule has 1 N–H and O–H groups in total. The Labute approximate surface area is 125 Å². The van der Waals surface area contributed by atoms with Crippen molar-refractivity contribution in [3.8, 4) is 0 Å². The third kappa shape index (κ3) is 4.71.